The highest BCUT2D eigenvalue weighted by atomic mass is 32.1. The first-order valence-corrected chi connectivity index (χ1v) is 12.1. The van der Waals surface area contributed by atoms with Gasteiger partial charge in [0.1, 0.15) is 0 Å². The quantitative estimate of drug-likeness (QED) is 0.156. The molecule has 0 fully saturated rings. The van der Waals surface area contributed by atoms with Crippen LogP contribution >= 0.6 is 83.6 Å². The molecule has 0 unspecified atom stereocenters. The molecule has 11 heteroatoms. The van der Waals surface area contributed by atoms with Gasteiger partial charge in [-0.3, -0.25) is 0 Å². The average molecular weight is 519 g/mol. The molecule has 0 N–H and O–H groups in total. The van der Waals surface area contributed by atoms with Crippen molar-refractivity contribution in [2.45, 2.75) is 29.4 Å². The number of para-hydroxylation sites is 3. The Kier molecular flexibility index (Phi) is 7.70. The zero-order chi connectivity index (χ0) is 21.2. The van der Waals surface area contributed by atoms with Gasteiger partial charge in [-0.05, 0) is 36.4 Å². The molecule has 0 aliphatic rings. The Morgan fingerprint density at radius 3 is 0.897 bits per heavy atom. The van der Waals surface area contributed by atoms with Crippen LogP contribution in [-0.2, 0) is 4.57 Å². The van der Waals surface area contributed by atoms with E-state index < -0.39 is 7.82 Å². The normalized spacial score (nSPS) is 11.2. The van der Waals surface area contributed by atoms with Crippen LogP contribution in [0.2, 0.25) is 0 Å². The molecule has 3 aromatic rings. The summed E-state index contributed by atoms with van der Waals surface area (Å²) in [7, 11) is -4.34. The molecule has 0 amide bonds. The number of hydrogen-bond acceptors (Lipinski definition) is 10. The van der Waals surface area contributed by atoms with Crippen LogP contribution in [0.3, 0.4) is 0 Å². The summed E-state index contributed by atoms with van der Waals surface area (Å²) in [5.41, 5.74) is 0. The minimum Gasteiger partial charge on any atom is -0.384 e. The van der Waals surface area contributed by atoms with Crippen molar-refractivity contribution < 1.29 is 18.1 Å². The lowest BCUT2D eigenvalue weighted by atomic mass is 10.3. The maximum Gasteiger partial charge on any atom is 0.647 e. The van der Waals surface area contributed by atoms with Crippen LogP contribution in [0, 0.1) is 0 Å². The highest BCUT2D eigenvalue weighted by molar-refractivity contribution is 7.82. The fraction of sp³-hybridized carbons (Fsp3) is 0. The lowest BCUT2D eigenvalue weighted by molar-refractivity contribution is 0.285. The summed E-state index contributed by atoms with van der Waals surface area (Å²) in [5.74, 6) is 0.409. The first-order chi connectivity index (χ1) is 13.7. The second-order valence-electron chi connectivity index (χ2n) is 5.60. The van der Waals surface area contributed by atoms with Gasteiger partial charge in [-0.2, -0.15) is 4.57 Å². The van der Waals surface area contributed by atoms with Crippen molar-refractivity contribution in [2.75, 3.05) is 0 Å². The van der Waals surface area contributed by atoms with Crippen LogP contribution in [0.15, 0.2) is 84.0 Å². The largest absolute Gasteiger partial charge is 0.647 e. The van der Waals surface area contributed by atoms with Crippen LogP contribution < -0.4 is 13.6 Å². The monoisotopic (exact) mass is 518 g/mol. The molecular weight excluding hydrogens is 504 g/mol. The first kappa shape index (κ1) is 23.1. The Balaban J connectivity index is 2.09. The van der Waals surface area contributed by atoms with Gasteiger partial charge in [0.05, 0.1) is 0 Å². The predicted octanol–water partition coefficient (Wildman–Crippen LogP) is 7.06. The molecule has 29 heavy (non-hydrogen) atoms. The maximum absolute atomic E-state index is 13.8. The van der Waals surface area contributed by atoms with E-state index in [4.69, 9.17) is 13.6 Å². The molecule has 0 radical (unpaired) electrons. The van der Waals surface area contributed by atoms with E-state index in [0.717, 1.165) is 0 Å². The molecule has 0 saturated carbocycles. The van der Waals surface area contributed by atoms with Crippen LogP contribution in [0.5, 0.6) is 17.2 Å². The second-order valence-corrected chi connectivity index (χ2v) is 9.93. The van der Waals surface area contributed by atoms with Crippen molar-refractivity contribution in [3.8, 4) is 17.2 Å². The summed E-state index contributed by atoms with van der Waals surface area (Å²) in [6.07, 6.45) is 0. The lowest BCUT2D eigenvalue weighted by Crippen LogP contribution is -2.09. The smallest absolute Gasteiger partial charge is 0.384 e. The van der Waals surface area contributed by atoms with Crippen LogP contribution in [0.4, 0.5) is 0 Å². The molecule has 3 rings (SSSR count). The molecule has 3 aromatic carbocycles. The van der Waals surface area contributed by atoms with Crippen molar-refractivity contribution in [3.05, 3.63) is 54.6 Å². The Labute approximate surface area is 201 Å². The molecule has 0 aromatic heterocycles. The van der Waals surface area contributed by atoms with E-state index in [-0.39, 0.29) is 17.2 Å². The number of benzene rings is 3. The van der Waals surface area contributed by atoms with Gasteiger partial charge < -0.3 is 13.6 Å². The van der Waals surface area contributed by atoms with E-state index in [1.165, 1.54) is 0 Å². The summed E-state index contributed by atoms with van der Waals surface area (Å²) in [5, 5.41) is 0. The van der Waals surface area contributed by atoms with Gasteiger partial charge in [-0.15, -0.1) is 75.8 Å². The van der Waals surface area contributed by atoms with Gasteiger partial charge in [-0.1, -0.05) is 18.2 Å². The average Bonchev–Trinajstić information content (AvgIpc) is 2.65. The molecule has 4 nitrogen and oxygen atoms in total. The third kappa shape index (κ3) is 5.55. The van der Waals surface area contributed by atoms with Gasteiger partial charge in [0.15, 0.2) is 17.2 Å². The summed E-state index contributed by atoms with van der Waals surface area (Å²) < 4.78 is 30.9. The van der Waals surface area contributed by atoms with Crippen molar-refractivity contribution >= 4 is 83.6 Å². The summed E-state index contributed by atoms with van der Waals surface area (Å²) in [6.45, 7) is 0. The summed E-state index contributed by atoms with van der Waals surface area (Å²) >= 11 is 26.1. The highest BCUT2D eigenvalue weighted by Gasteiger charge is 2.37. The van der Waals surface area contributed by atoms with E-state index in [1.54, 1.807) is 54.6 Å². The SMILES string of the molecule is O=P(Oc1c(S)cccc1S)(Oc1c(S)cccc1S)Oc1c(S)cccc1S. The van der Waals surface area contributed by atoms with Crippen molar-refractivity contribution in [1.82, 2.24) is 0 Å². The number of phosphoric acid groups is 1. The molecule has 0 saturated heterocycles. The molecule has 0 spiro atoms. The Morgan fingerprint density at radius 1 is 0.483 bits per heavy atom. The third-order valence-electron chi connectivity index (χ3n) is 3.53. The van der Waals surface area contributed by atoms with E-state index in [9.17, 15) is 4.57 Å². The molecule has 0 atom stereocenters. The molecule has 0 aliphatic heterocycles. The molecule has 0 bridgehead atoms. The molecule has 0 aliphatic carbocycles. The van der Waals surface area contributed by atoms with Crippen LogP contribution in [0.1, 0.15) is 0 Å². The van der Waals surface area contributed by atoms with E-state index in [1.807, 2.05) is 0 Å². The highest BCUT2D eigenvalue weighted by Crippen LogP contribution is 2.55. The zero-order valence-corrected chi connectivity index (χ0v) is 20.7. The fourth-order valence-corrected chi connectivity index (χ4v) is 5.79. The Hall–Kier alpha value is -0.610. The molecular formula is C18H15O4PS6. The van der Waals surface area contributed by atoms with Crippen molar-refractivity contribution in [1.29, 1.82) is 0 Å². The van der Waals surface area contributed by atoms with Crippen LogP contribution in [0.25, 0.3) is 0 Å². The van der Waals surface area contributed by atoms with Crippen LogP contribution in [-0.4, -0.2) is 0 Å². The third-order valence-corrected chi connectivity index (χ3v) is 6.86. The zero-order valence-electron chi connectivity index (χ0n) is 14.5. The van der Waals surface area contributed by atoms with Gasteiger partial charge in [0.2, 0.25) is 0 Å². The number of hydrogen-bond donors (Lipinski definition) is 6. The summed E-state index contributed by atoms with van der Waals surface area (Å²) in [4.78, 5) is 2.42. The van der Waals surface area contributed by atoms with Gasteiger partial charge in [-0.25, -0.2) is 0 Å². The molecule has 152 valence electrons. The number of rotatable bonds is 6. The standard InChI is InChI=1S/C18H15O4PS6/c19-23(20-16-10(24)4-1-5-11(16)25,21-17-12(26)6-2-7-13(17)27)22-18-14(28)8-3-9-15(18)29/h1-9,24-29H. The number of thiol groups is 6. The van der Waals surface area contributed by atoms with E-state index >= 15 is 0 Å². The Bertz CT molecular complexity index is 910. The topological polar surface area (TPSA) is 44.8 Å². The minimum absolute atomic E-state index is 0.136. The lowest BCUT2D eigenvalue weighted by Gasteiger charge is -2.23. The van der Waals surface area contributed by atoms with E-state index in [0.29, 0.717) is 29.4 Å². The minimum atomic E-state index is -4.34. The van der Waals surface area contributed by atoms with Gasteiger partial charge >= 0.3 is 7.82 Å². The maximum atomic E-state index is 13.8. The summed E-state index contributed by atoms with van der Waals surface area (Å²) in [6, 6.07) is 15.2. The second kappa shape index (κ2) is 9.68. The molecule has 0 heterocycles. The van der Waals surface area contributed by atoms with Crippen molar-refractivity contribution in [3.63, 3.8) is 0 Å². The Morgan fingerprint density at radius 2 is 0.690 bits per heavy atom. The first-order valence-electron chi connectivity index (χ1n) is 7.92. The number of phosphoric ester groups is 1. The van der Waals surface area contributed by atoms with E-state index in [2.05, 4.69) is 75.8 Å². The van der Waals surface area contributed by atoms with Gasteiger partial charge in [0.25, 0.3) is 0 Å². The van der Waals surface area contributed by atoms with Gasteiger partial charge in [0, 0.05) is 29.4 Å². The predicted molar refractivity (Wildman–Crippen MR) is 132 cm³/mol. The van der Waals surface area contributed by atoms with Crippen molar-refractivity contribution in [2.24, 2.45) is 0 Å². The fourth-order valence-electron chi connectivity index (χ4n) is 2.21.